The van der Waals surface area contributed by atoms with Crippen LogP contribution >= 0.6 is 0 Å². The fraction of sp³-hybridized carbons (Fsp3) is 0.472. The molecule has 0 radical (unpaired) electrons. The Hall–Kier alpha value is -5.23. The zero-order valence-corrected chi connectivity index (χ0v) is 28.3. The molecule has 5 rings (SSSR count). The first-order chi connectivity index (χ1) is 22.9. The summed E-state index contributed by atoms with van der Waals surface area (Å²) in [5.74, 6) is 13.0. The second-order valence-electron chi connectivity index (χ2n) is 13.3. The standard InChI is InChI=1S/C36H43N7O5/c1-23(2)30(41-34(45)47-6)33(44)42-19-9-13-28(42)32-38-22-27(40-32)25-17-15-24(16-18-25)11-7-8-12-26-21-37-31(39-26)29-14-10-20-43(29)35(46)48-36(3,4)5/h15-18,21-23,28-30H,9-10,13-14,19-20H2,1-6H3,(H,37,39)(H,38,40)(H,41,45)/t28-,29-,30-/m0/s1. The van der Waals surface area contributed by atoms with Crippen LogP contribution in [0.4, 0.5) is 9.59 Å². The zero-order valence-electron chi connectivity index (χ0n) is 28.3. The number of likely N-dealkylation sites (tertiary alicyclic amines) is 2. The summed E-state index contributed by atoms with van der Waals surface area (Å²) >= 11 is 0. The topological polar surface area (TPSA) is 146 Å². The third-order valence-electron chi connectivity index (χ3n) is 8.29. The van der Waals surface area contributed by atoms with Crippen LogP contribution in [0.25, 0.3) is 11.3 Å². The Kier molecular flexibility index (Phi) is 10.4. The highest BCUT2D eigenvalue weighted by Gasteiger charge is 2.38. The number of rotatable bonds is 6. The van der Waals surface area contributed by atoms with Crippen LogP contribution in [-0.2, 0) is 14.3 Å². The summed E-state index contributed by atoms with van der Waals surface area (Å²) in [7, 11) is 1.28. The molecule has 2 aromatic heterocycles. The van der Waals surface area contributed by atoms with Crippen molar-refractivity contribution < 1.29 is 23.9 Å². The molecule has 0 bridgehead atoms. The fourth-order valence-corrected chi connectivity index (χ4v) is 5.94. The van der Waals surface area contributed by atoms with Gasteiger partial charge in [0.25, 0.3) is 0 Å². The van der Waals surface area contributed by atoms with Gasteiger partial charge in [0, 0.05) is 18.7 Å². The Balaban J connectivity index is 1.20. The molecule has 2 fully saturated rings. The van der Waals surface area contributed by atoms with E-state index < -0.39 is 17.7 Å². The third-order valence-corrected chi connectivity index (χ3v) is 8.29. The van der Waals surface area contributed by atoms with Gasteiger partial charge in [0.15, 0.2) is 0 Å². The first-order valence-electron chi connectivity index (χ1n) is 16.3. The minimum absolute atomic E-state index is 0.101. The van der Waals surface area contributed by atoms with Crippen LogP contribution in [0.15, 0.2) is 36.7 Å². The normalized spacial score (nSPS) is 18.1. The lowest BCUT2D eigenvalue weighted by molar-refractivity contribution is -0.135. The molecule has 3 N–H and O–H groups in total. The Morgan fingerprint density at radius 2 is 1.54 bits per heavy atom. The highest BCUT2D eigenvalue weighted by Crippen LogP contribution is 2.33. The van der Waals surface area contributed by atoms with E-state index in [-0.39, 0.29) is 30.0 Å². The number of alkyl carbamates (subject to hydrolysis) is 1. The monoisotopic (exact) mass is 653 g/mol. The van der Waals surface area contributed by atoms with Crippen LogP contribution in [0.3, 0.4) is 0 Å². The number of benzene rings is 1. The van der Waals surface area contributed by atoms with Crippen molar-refractivity contribution in [2.75, 3.05) is 20.2 Å². The van der Waals surface area contributed by atoms with Crippen molar-refractivity contribution in [3.05, 3.63) is 59.6 Å². The van der Waals surface area contributed by atoms with E-state index in [0.717, 1.165) is 42.5 Å². The van der Waals surface area contributed by atoms with Crippen molar-refractivity contribution in [2.45, 2.75) is 84.0 Å². The van der Waals surface area contributed by atoms with Crippen LogP contribution in [0.2, 0.25) is 0 Å². The number of amides is 3. The number of nitrogens with zero attached hydrogens (tertiary/aromatic N) is 4. The molecule has 48 heavy (non-hydrogen) atoms. The first kappa shape index (κ1) is 34.1. The van der Waals surface area contributed by atoms with Gasteiger partial charge in [-0.15, -0.1) is 0 Å². The lowest BCUT2D eigenvalue weighted by Gasteiger charge is -2.30. The second-order valence-corrected chi connectivity index (χ2v) is 13.3. The summed E-state index contributed by atoms with van der Waals surface area (Å²) in [5.41, 5.74) is 2.65. The van der Waals surface area contributed by atoms with Gasteiger partial charge in [-0.05, 0) is 87.8 Å². The molecule has 3 amide bonds. The smallest absolute Gasteiger partial charge is 0.410 e. The van der Waals surface area contributed by atoms with Crippen LogP contribution in [-0.4, -0.2) is 79.7 Å². The number of aromatic amines is 2. The molecule has 2 saturated heterocycles. The number of imidazole rings is 2. The summed E-state index contributed by atoms with van der Waals surface area (Å²) in [6.45, 7) is 10.6. The highest BCUT2D eigenvalue weighted by atomic mass is 16.6. The van der Waals surface area contributed by atoms with E-state index in [2.05, 4.69) is 48.9 Å². The molecule has 12 nitrogen and oxygen atoms in total. The van der Waals surface area contributed by atoms with E-state index >= 15 is 0 Å². The van der Waals surface area contributed by atoms with E-state index in [0.29, 0.717) is 30.4 Å². The van der Waals surface area contributed by atoms with Crippen LogP contribution < -0.4 is 5.32 Å². The molecule has 0 spiro atoms. The molecule has 252 valence electrons. The minimum atomic E-state index is -0.684. The number of nitrogens with one attached hydrogen (secondary N) is 3. The van der Waals surface area contributed by atoms with Crippen LogP contribution in [0.5, 0.6) is 0 Å². The Bertz CT molecular complexity index is 1750. The Labute approximate surface area is 281 Å². The molecule has 2 aliphatic rings. The zero-order chi connectivity index (χ0) is 34.4. The van der Waals surface area contributed by atoms with E-state index in [1.54, 1.807) is 22.2 Å². The average molecular weight is 654 g/mol. The van der Waals surface area contributed by atoms with Gasteiger partial charge in [0.05, 0.1) is 37.3 Å². The van der Waals surface area contributed by atoms with Gasteiger partial charge in [-0.3, -0.25) is 9.69 Å². The van der Waals surface area contributed by atoms with E-state index in [1.807, 2.05) is 58.9 Å². The molecule has 2 aliphatic heterocycles. The number of hydrogen-bond donors (Lipinski definition) is 3. The molecule has 4 heterocycles. The Morgan fingerprint density at radius 3 is 2.21 bits per heavy atom. The van der Waals surface area contributed by atoms with Gasteiger partial charge in [-0.1, -0.05) is 31.9 Å². The summed E-state index contributed by atoms with van der Waals surface area (Å²) in [5, 5.41) is 2.68. The van der Waals surface area contributed by atoms with E-state index in [1.165, 1.54) is 7.11 Å². The summed E-state index contributed by atoms with van der Waals surface area (Å²) in [6, 6.07) is 6.70. The minimum Gasteiger partial charge on any atom is -0.453 e. The number of methoxy groups -OCH3 is 1. The molecule has 1 aromatic carbocycles. The predicted octanol–water partition coefficient (Wildman–Crippen LogP) is 5.32. The van der Waals surface area contributed by atoms with Crippen molar-refractivity contribution in [1.29, 1.82) is 0 Å². The molecule has 3 aromatic rings. The number of carbonyl (C=O) groups is 3. The molecular weight excluding hydrogens is 610 g/mol. The van der Waals surface area contributed by atoms with Crippen molar-refractivity contribution in [3.63, 3.8) is 0 Å². The third kappa shape index (κ3) is 8.18. The van der Waals surface area contributed by atoms with Gasteiger partial charge in [-0.25, -0.2) is 19.6 Å². The lowest BCUT2D eigenvalue weighted by atomic mass is 10.0. The van der Waals surface area contributed by atoms with Gasteiger partial charge in [0.2, 0.25) is 5.91 Å². The summed E-state index contributed by atoms with van der Waals surface area (Å²) in [4.78, 5) is 57.1. The quantitative estimate of drug-likeness (QED) is 0.306. The molecule has 0 unspecified atom stereocenters. The predicted molar refractivity (Wildman–Crippen MR) is 179 cm³/mol. The van der Waals surface area contributed by atoms with Crippen LogP contribution in [0.1, 0.15) is 95.3 Å². The molecule has 3 atom stereocenters. The van der Waals surface area contributed by atoms with Gasteiger partial charge >= 0.3 is 12.2 Å². The van der Waals surface area contributed by atoms with E-state index in [9.17, 15) is 14.4 Å². The lowest BCUT2D eigenvalue weighted by Crippen LogP contribution is -2.51. The van der Waals surface area contributed by atoms with Crippen molar-refractivity contribution in [2.24, 2.45) is 5.92 Å². The van der Waals surface area contributed by atoms with Gasteiger partial charge < -0.3 is 29.7 Å². The number of carbonyl (C=O) groups excluding carboxylic acids is 3. The number of H-pyrrole nitrogens is 2. The van der Waals surface area contributed by atoms with Gasteiger partial charge in [0.1, 0.15) is 29.0 Å². The molecular formula is C36H43N7O5. The second kappa shape index (κ2) is 14.7. The van der Waals surface area contributed by atoms with Crippen molar-refractivity contribution >= 4 is 18.1 Å². The fourth-order valence-electron chi connectivity index (χ4n) is 5.94. The first-order valence-corrected chi connectivity index (χ1v) is 16.3. The number of ether oxygens (including phenoxy) is 2. The Morgan fingerprint density at radius 1 is 0.917 bits per heavy atom. The number of aromatic nitrogens is 4. The molecule has 0 aliphatic carbocycles. The van der Waals surface area contributed by atoms with Crippen LogP contribution in [0, 0.1) is 29.6 Å². The average Bonchev–Trinajstić information content (AvgIpc) is 3.87. The largest absolute Gasteiger partial charge is 0.453 e. The molecule has 12 heteroatoms. The van der Waals surface area contributed by atoms with Crippen molar-refractivity contribution in [3.8, 4) is 34.9 Å². The molecule has 0 saturated carbocycles. The van der Waals surface area contributed by atoms with Gasteiger partial charge in [-0.2, -0.15) is 0 Å². The highest BCUT2D eigenvalue weighted by molar-refractivity contribution is 5.86. The maximum absolute atomic E-state index is 13.4. The van der Waals surface area contributed by atoms with Crippen molar-refractivity contribution in [1.82, 2.24) is 35.1 Å². The maximum Gasteiger partial charge on any atom is 0.410 e. The summed E-state index contributed by atoms with van der Waals surface area (Å²) < 4.78 is 10.3. The summed E-state index contributed by atoms with van der Waals surface area (Å²) in [6.07, 6.45) is 5.79. The maximum atomic E-state index is 13.4. The SMILES string of the molecule is COC(=O)N[C@H](C(=O)N1CCC[C@H]1c1ncc(-c2ccc(C#CC#Cc3cnc([C@@H]4CCCN4C(=O)OC(C)(C)C)[nH]3)cc2)[nH]1)C(C)C. The van der Waals surface area contributed by atoms with E-state index in [4.69, 9.17) is 9.47 Å². The number of hydrogen-bond acceptors (Lipinski definition) is 7.